The third kappa shape index (κ3) is 2.93. The Balaban J connectivity index is 1.94. The second kappa shape index (κ2) is 5.60. The summed E-state index contributed by atoms with van der Waals surface area (Å²) in [6, 6.07) is 7.92. The molecule has 1 atom stereocenters. The molecular formula is C12H13BrN2S. The van der Waals surface area contributed by atoms with Gasteiger partial charge in [-0.3, -0.25) is 0 Å². The Morgan fingerprint density at radius 3 is 3.06 bits per heavy atom. The molecule has 0 aromatic heterocycles. The van der Waals surface area contributed by atoms with Gasteiger partial charge in [-0.15, -0.1) is 0 Å². The first-order chi connectivity index (χ1) is 7.79. The van der Waals surface area contributed by atoms with Crippen LogP contribution in [-0.2, 0) is 0 Å². The average molecular weight is 297 g/mol. The lowest BCUT2D eigenvalue weighted by molar-refractivity contribution is 0.632. The largest absolute Gasteiger partial charge is 0.385 e. The first-order valence-electron chi connectivity index (χ1n) is 5.31. The second-order valence-corrected chi connectivity index (χ2v) is 5.92. The molecule has 1 aliphatic rings. The van der Waals surface area contributed by atoms with E-state index in [9.17, 15) is 0 Å². The maximum atomic E-state index is 8.81. The predicted molar refractivity (Wildman–Crippen MR) is 72.8 cm³/mol. The van der Waals surface area contributed by atoms with E-state index in [1.807, 2.05) is 30.0 Å². The quantitative estimate of drug-likeness (QED) is 0.927. The van der Waals surface area contributed by atoms with E-state index in [4.69, 9.17) is 5.26 Å². The molecule has 2 rings (SSSR count). The molecule has 0 aliphatic carbocycles. The number of nitrogens with one attached hydrogen (secondary N) is 1. The van der Waals surface area contributed by atoms with Crippen molar-refractivity contribution < 1.29 is 0 Å². The molecule has 1 unspecified atom stereocenters. The van der Waals surface area contributed by atoms with Crippen LogP contribution in [0.15, 0.2) is 22.7 Å². The molecule has 1 saturated heterocycles. The highest BCUT2D eigenvalue weighted by Gasteiger charge is 2.14. The highest BCUT2D eigenvalue weighted by atomic mass is 79.9. The summed E-state index contributed by atoms with van der Waals surface area (Å²) < 4.78 is 0.862. The van der Waals surface area contributed by atoms with Crippen molar-refractivity contribution in [1.29, 1.82) is 5.26 Å². The van der Waals surface area contributed by atoms with Gasteiger partial charge in [0.2, 0.25) is 0 Å². The van der Waals surface area contributed by atoms with Gasteiger partial charge in [0.05, 0.1) is 5.56 Å². The summed E-state index contributed by atoms with van der Waals surface area (Å²) in [6.45, 7) is 1.03. The molecule has 84 valence electrons. The Morgan fingerprint density at radius 2 is 2.44 bits per heavy atom. The van der Waals surface area contributed by atoms with Gasteiger partial charge in [0, 0.05) is 16.7 Å². The Kier molecular flexibility index (Phi) is 4.14. The van der Waals surface area contributed by atoms with E-state index < -0.39 is 0 Å². The standard InChI is InChI=1S/C12H13BrN2S/c13-12-5-11(2-1-10(12)6-14)15-7-9-3-4-16-8-9/h1-2,5,9,15H,3-4,7-8H2. The van der Waals surface area contributed by atoms with Crippen molar-refractivity contribution in [1.82, 2.24) is 0 Å². The van der Waals surface area contributed by atoms with Gasteiger partial charge < -0.3 is 5.32 Å². The summed E-state index contributed by atoms with van der Waals surface area (Å²) in [6.07, 6.45) is 1.31. The smallest absolute Gasteiger partial charge is 0.100 e. The van der Waals surface area contributed by atoms with Crippen molar-refractivity contribution >= 4 is 33.4 Å². The zero-order chi connectivity index (χ0) is 11.4. The fourth-order valence-corrected chi connectivity index (χ4v) is 3.47. The van der Waals surface area contributed by atoms with Crippen LogP contribution in [0.2, 0.25) is 0 Å². The Labute approximate surface area is 109 Å². The van der Waals surface area contributed by atoms with E-state index >= 15 is 0 Å². The van der Waals surface area contributed by atoms with Gasteiger partial charge in [-0.25, -0.2) is 0 Å². The SMILES string of the molecule is N#Cc1ccc(NCC2CCSC2)cc1Br. The van der Waals surface area contributed by atoms with E-state index in [0.717, 1.165) is 22.6 Å². The third-order valence-electron chi connectivity index (χ3n) is 2.71. The molecule has 1 aromatic rings. The first-order valence-corrected chi connectivity index (χ1v) is 7.25. The van der Waals surface area contributed by atoms with Gasteiger partial charge in [0.15, 0.2) is 0 Å². The van der Waals surface area contributed by atoms with Gasteiger partial charge >= 0.3 is 0 Å². The Morgan fingerprint density at radius 1 is 1.56 bits per heavy atom. The molecule has 0 radical (unpaired) electrons. The second-order valence-electron chi connectivity index (χ2n) is 3.92. The molecule has 1 aliphatic heterocycles. The summed E-state index contributed by atoms with van der Waals surface area (Å²) >= 11 is 5.43. The molecule has 1 heterocycles. The topological polar surface area (TPSA) is 35.8 Å². The summed E-state index contributed by atoms with van der Waals surface area (Å²) in [5, 5.41) is 12.2. The van der Waals surface area contributed by atoms with Crippen molar-refractivity contribution in [2.45, 2.75) is 6.42 Å². The van der Waals surface area contributed by atoms with E-state index in [2.05, 4.69) is 27.3 Å². The summed E-state index contributed by atoms with van der Waals surface area (Å²) in [7, 11) is 0. The number of thioether (sulfide) groups is 1. The molecule has 1 fully saturated rings. The molecule has 0 saturated carbocycles. The zero-order valence-electron chi connectivity index (χ0n) is 8.87. The number of halogens is 1. The van der Waals surface area contributed by atoms with Crippen LogP contribution in [0.1, 0.15) is 12.0 Å². The minimum absolute atomic E-state index is 0.682. The molecule has 1 N–H and O–H groups in total. The van der Waals surface area contributed by atoms with Gasteiger partial charge in [0.1, 0.15) is 6.07 Å². The van der Waals surface area contributed by atoms with Gasteiger partial charge in [-0.05, 0) is 58.0 Å². The fraction of sp³-hybridized carbons (Fsp3) is 0.417. The maximum absolute atomic E-state index is 8.81. The van der Waals surface area contributed by atoms with E-state index in [0.29, 0.717) is 5.56 Å². The normalized spacial score (nSPS) is 19.4. The summed E-state index contributed by atoms with van der Waals surface area (Å²) in [5.41, 5.74) is 1.77. The number of nitrogens with zero attached hydrogens (tertiary/aromatic N) is 1. The molecule has 0 spiro atoms. The molecule has 0 bridgehead atoms. The third-order valence-corrected chi connectivity index (χ3v) is 4.60. The average Bonchev–Trinajstić information content (AvgIpc) is 2.79. The van der Waals surface area contributed by atoms with Crippen LogP contribution in [0, 0.1) is 17.2 Å². The fourth-order valence-electron chi connectivity index (χ4n) is 1.72. The zero-order valence-corrected chi connectivity index (χ0v) is 11.3. The molecule has 0 amide bonds. The maximum Gasteiger partial charge on any atom is 0.100 e. The molecular weight excluding hydrogens is 284 g/mol. The van der Waals surface area contributed by atoms with Crippen LogP contribution in [-0.4, -0.2) is 18.1 Å². The molecule has 2 nitrogen and oxygen atoms in total. The van der Waals surface area contributed by atoms with Crippen LogP contribution in [0.3, 0.4) is 0 Å². The predicted octanol–water partition coefficient (Wildman–Crippen LogP) is 3.49. The van der Waals surface area contributed by atoms with Crippen LogP contribution < -0.4 is 5.32 Å². The van der Waals surface area contributed by atoms with Gasteiger partial charge in [-0.2, -0.15) is 17.0 Å². The van der Waals surface area contributed by atoms with Crippen LogP contribution in [0.5, 0.6) is 0 Å². The van der Waals surface area contributed by atoms with Crippen molar-refractivity contribution in [3.05, 3.63) is 28.2 Å². The van der Waals surface area contributed by atoms with Crippen molar-refractivity contribution in [3.63, 3.8) is 0 Å². The van der Waals surface area contributed by atoms with Crippen LogP contribution in [0.4, 0.5) is 5.69 Å². The Bertz CT molecular complexity index is 408. The van der Waals surface area contributed by atoms with Crippen LogP contribution >= 0.6 is 27.7 Å². The van der Waals surface area contributed by atoms with Crippen molar-refractivity contribution in [2.24, 2.45) is 5.92 Å². The van der Waals surface area contributed by atoms with Crippen LogP contribution in [0.25, 0.3) is 0 Å². The highest BCUT2D eigenvalue weighted by molar-refractivity contribution is 9.10. The number of rotatable bonds is 3. The minimum Gasteiger partial charge on any atom is -0.385 e. The van der Waals surface area contributed by atoms with Crippen molar-refractivity contribution in [2.75, 3.05) is 23.4 Å². The first kappa shape index (κ1) is 11.8. The summed E-state index contributed by atoms with van der Waals surface area (Å²) in [4.78, 5) is 0. The molecule has 4 heteroatoms. The van der Waals surface area contributed by atoms with E-state index in [1.54, 1.807) is 0 Å². The number of nitriles is 1. The monoisotopic (exact) mass is 296 g/mol. The molecule has 1 aromatic carbocycles. The van der Waals surface area contributed by atoms with Gasteiger partial charge in [-0.1, -0.05) is 0 Å². The minimum atomic E-state index is 0.682. The Hall–Kier alpha value is -0.660. The lowest BCUT2D eigenvalue weighted by atomic mass is 10.1. The lowest BCUT2D eigenvalue weighted by Gasteiger charge is -2.11. The number of hydrogen-bond acceptors (Lipinski definition) is 3. The number of anilines is 1. The number of benzene rings is 1. The summed E-state index contributed by atoms with van der Waals surface area (Å²) in [5.74, 6) is 3.35. The highest BCUT2D eigenvalue weighted by Crippen LogP contribution is 2.25. The molecule has 16 heavy (non-hydrogen) atoms. The number of hydrogen-bond donors (Lipinski definition) is 1. The lowest BCUT2D eigenvalue weighted by Crippen LogP contribution is -2.13. The van der Waals surface area contributed by atoms with Crippen molar-refractivity contribution in [3.8, 4) is 6.07 Å². The van der Waals surface area contributed by atoms with E-state index in [-0.39, 0.29) is 0 Å². The van der Waals surface area contributed by atoms with E-state index in [1.165, 1.54) is 17.9 Å². The van der Waals surface area contributed by atoms with Gasteiger partial charge in [0.25, 0.3) is 0 Å².